The first-order chi connectivity index (χ1) is 5.88. The maximum atomic E-state index is 11.1. The Bertz CT molecular complexity index is 345. The van der Waals surface area contributed by atoms with Crippen LogP contribution in [0.15, 0.2) is 5.10 Å². The first-order valence-corrected chi connectivity index (χ1v) is 5.97. The molecule has 1 aliphatic rings. The third kappa shape index (κ3) is 3.14. The predicted molar refractivity (Wildman–Crippen MR) is 49.1 cm³/mol. The molecule has 1 aliphatic heterocycles. The SMILES string of the molecule is CC1=NN(CCS(C)(=O)=O)C(=O)C1. The van der Waals surface area contributed by atoms with Crippen molar-refractivity contribution in [1.82, 2.24) is 5.01 Å². The van der Waals surface area contributed by atoms with Gasteiger partial charge in [0.25, 0.3) is 0 Å². The maximum Gasteiger partial charge on any atom is 0.248 e. The van der Waals surface area contributed by atoms with E-state index in [-0.39, 0.29) is 18.2 Å². The van der Waals surface area contributed by atoms with Crippen LogP contribution in [0.25, 0.3) is 0 Å². The normalized spacial score (nSPS) is 17.8. The molecule has 1 rings (SSSR count). The van der Waals surface area contributed by atoms with E-state index in [1.54, 1.807) is 6.92 Å². The van der Waals surface area contributed by atoms with Crippen molar-refractivity contribution in [2.45, 2.75) is 13.3 Å². The lowest BCUT2D eigenvalue weighted by Gasteiger charge is -2.09. The molecule has 0 N–H and O–H groups in total. The van der Waals surface area contributed by atoms with Crippen molar-refractivity contribution < 1.29 is 13.2 Å². The number of carbonyl (C=O) groups is 1. The molecular weight excluding hydrogens is 192 g/mol. The highest BCUT2D eigenvalue weighted by molar-refractivity contribution is 7.90. The molecule has 0 spiro atoms. The van der Waals surface area contributed by atoms with E-state index in [1.807, 2.05) is 0 Å². The number of nitrogens with zero attached hydrogens (tertiary/aromatic N) is 2. The van der Waals surface area contributed by atoms with Gasteiger partial charge in [0.2, 0.25) is 5.91 Å². The number of sulfone groups is 1. The van der Waals surface area contributed by atoms with Crippen LogP contribution in [0.3, 0.4) is 0 Å². The Morgan fingerprint density at radius 2 is 2.15 bits per heavy atom. The lowest BCUT2D eigenvalue weighted by atomic mass is 10.3. The van der Waals surface area contributed by atoms with Crippen molar-refractivity contribution in [2.75, 3.05) is 18.6 Å². The molecule has 74 valence electrons. The highest BCUT2D eigenvalue weighted by Crippen LogP contribution is 2.07. The molecule has 1 heterocycles. The van der Waals surface area contributed by atoms with Gasteiger partial charge in [0.1, 0.15) is 9.84 Å². The first-order valence-electron chi connectivity index (χ1n) is 3.90. The Morgan fingerprint density at radius 3 is 2.54 bits per heavy atom. The van der Waals surface area contributed by atoms with Gasteiger partial charge in [-0.3, -0.25) is 4.79 Å². The average Bonchev–Trinajstić information content (AvgIpc) is 2.24. The number of hydrazone groups is 1. The summed E-state index contributed by atoms with van der Waals surface area (Å²) in [5, 5.41) is 5.13. The van der Waals surface area contributed by atoms with Gasteiger partial charge >= 0.3 is 0 Å². The minimum atomic E-state index is -3.02. The average molecular weight is 204 g/mol. The molecule has 0 saturated heterocycles. The van der Waals surface area contributed by atoms with Crippen molar-refractivity contribution >= 4 is 21.5 Å². The molecule has 0 aliphatic carbocycles. The zero-order valence-corrected chi connectivity index (χ0v) is 8.47. The van der Waals surface area contributed by atoms with Crippen molar-refractivity contribution in [3.05, 3.63) is 0 Å². The highest BCUT2D eigenvalue weighted by atomic mass is 32.2. The minimum absolute atomic E-state index is 0.0322. The Kier molecular flexibility index (Phi) is 2.70. The van der Waals surface area contributed by atoms with Gasteiger partial charge in [-0.05, 0) is 6.92 Å². The summed E-state index contributed by atoms with van der Waals surface area (Å²) >= 11 is 0. The third-order valence-electron chi connectivity index (χ3n) is 1.66. The van der Waals surface area contributed by atoms with Gasteiger partial charge in [-0.2, -0.15) is 5.10 Å². The number of rotatable bonds is 3. The summed E-state index contributed by atoms with van der Waals surface area (Å²) in [7, 11) is -3.02. The Balaban J connectivity index is 2.52. The van der Waals surface area contributed by atoms with Crippen LogP contribution < -0.4 is 0 Å². The zero-order valence-electron chi connectivity index (χ0n) is 7.65. The number of amides is 1. The fraction of sp³-hybridized carbons (Fsp3) is 0.714. The molecule has 0 radical (unpaired) electrons. The lowest BCUT2D eigenvalue weighted by molar-refractivity contribution is -0.128. The monoisotopic (exact) mass is 204 g/mol. The Hall–Kier alpha value is -0.910. The largest absolute Gasteiger partial charge is 0.273 e. The number of hydrogen-bond acceptors (Lipinski definition) is 4. The topological polar surface area (TPSA) is 66.8 Å². The van der Waals surface area contributed by atoms with Crippen LogP contribution in [0.4, 0.5) is 0 Å². The van der Waals surface area contributed by atoms with Gasteiger partial charge in [0.15, 0.2) is 0 Å². The van der Waals surface area contributed by atoms with E-state index in [2.05, 4.69) is 5.10 Å². The standard InChI is InChI=1S/C7H12N2O3S/c1-6-5-7(10)9(8-6)3-4-13(2,11)12/h3-5H2,1-2H3. The maximum absolute atomic E-state index is 11.1. The fourth-order valence-corrected chi connectivity index (χ4v) is 1.54. The summed E-state index contributed by atoms with van der Waals surface area (Å²) in [6, 6.07) is 0. The molecule has 0 fully saturated rings. The number of hydrogen-bond donors (Lipinski definition) is 0. The summed E-state index contributed by atoms with van der Waals surface area (Å²) in [6.45, 7) is 1.91. The molecular formula is C7H12N2O3S. The molecule has 0 saturated carbocycles. The van der Waals surface area contributed by atoms with Crippen molar-refractivity contribution in [1.29, 1.82) is 0 Å². The Labute approximate surface area is 77.3 Å². The van der Waals surface area contributed by atoms with E-state index in [0.29, 0.717) is 6.42 Å². The molecule has 0 aromatic carbocycles. The van der Waals surface area contributed by atoms with E-state index < -0.39 is 9.84 Å². The predicted octanol–water partition coefficient (Wildman–Crippen LogP) is -0.361. The van der Waals surface area contributed by atoms with Crippen LogP contribution in [-0.4, -0.2) is 43.6 Å². The minimum Gasteiger partial charge on any atom is -0.273 e. The molecule has 5 nitrogen and oxygen atoms in total. The molecule has 6 heteroatoms. The fourth-order valence-electron chi connectivity index (χ4n) is 1.03. The molecule has 13 heavy (non-hydrogen) atoms. The summed E-state index contributed by atoms with van der Waals surface area (Å²) in [5.41, 5.74) is 0.735. The van der Waals surface area contributed by atoms with Crippen molar-refractivity contribution in [3.8, 4) is 0 Å². The highest BCUT2D eigenvalue weighted by Gasteiger charge is 2.21. The van der Waals surface area contributed by atoms with Crippen LogP contribution >= 0.6 is 0 Å². The van der Waals surface area contributed by atoms with E-state index in [9.17, 15) is 13.2 Å². The van der Waals surface area contributed by atoms with Gasteiger partial charge in [-0.15, -0.1) is 0 Å². The Morgan fingerprint density at radius 1 is 1.54 bits per heavy atom. The van der Waals surface area contributed by atoms with Crippen LogP contribution in [-0.2, 0) is 14.6 Å². The summed E-state index contributed by atoms with van der Waals surface area (Å²) < 4.78 is 21.6. The molecule has 0 bridgehead atoms. The first kappa shape index (κ1) is 10.2. The van der Waals surface area contributed by atoms with Crippen LogP contribution in [0.1, 0.15) is 13.3 Å². The van der Waals surface area contributed by atoms with Gasteiger partial charge in [0, 0.05) is 12.0 Å². The summed E-state index contributed by atoms with van der Waals surface area (Å²) in [4.78, 5) is 11.1. The van der Waals surface area contributed by atoms with Crippen LogP contribution in [0.2, 0.25) is 0 Å². The lowest BCUT2D eigenvalue weighted by Crippen LogP contribution is -2.26. The van der Waals surface area contributed by atoms with E-state index >= 15 is 0 Å². The van der Waals surface area contributed by atoms with E-state index in [4.69, 9.17) is 0 Å². The van der Waals surface area contributed by atoms with Gasteiger partial charge in [-0.1, -0.05) is 0 Å². The second kappa shape index (κ2) is 3.45. The van der Waals surface area contributed by atoms with Crippen molar-refractivity contribution in [2.24, 2.45) is 5.10 Å². The van der Waals surface area contributed by atoms with Gasteiger partial charge in [0.05, 0.1) is 18.7 Å². The summed E-state index contributed by atoms with van der Waals surface area (Å²) in [6.07, 6.45) is 1.45. The smallest absolute Gasteiger partial charge is 0.248 e. The van der Waals surface area contributed by atoms with Gasteiger partial charge in [-0.25, -0.2) is 13.4 Å². The second-order valence-electron chi connectivity index (χ2n) is 3.16. The van der Waals surface area contributed by atoms with E-state index in [0.717, 1.165) is 12.0 Å². The molecule has 1 amide bonds. The van der Waals surface area contributed by atoms with Crippen molar-refractivity contribution in [3.63, 3.8) is 0 Å². The van der Waals surface area contributed by atoms with Gasteiger partial charge < -0.3 is 0 Å². The molecule has 0 aromatic rings. The van der Waals surface area contributed by atoms with Crippen LogP contribution in [0.5, 0.6) is 0 Å². The van der Waals surface area contributed by atoms with Crippen LogP contribution in [0, 0.1) is 0 Å². The zero-order chi connectivity index (χ0) is 10.1. The van der Waals surface area contributed by atoms with E-state index in [1.165, 1.54) is 5.01 Å². The number of carbonyl (C=O) groups excluding carboxylic acids is 1. The second-order valence-corrected chi connectivity index (χ2v) is 5.42. The molecule has 0 unspecified atom stereocenters. The molecule has 0 aromatic heterocycles. The third-order valence-corrected chi connectivity index (χ3v) is 2.58. The molecule has 0 atom stereocenters. The summed E-state index contributed by atoms with van der Waals surface area (Å²) in [5.74, 6) is -0.156. The quantitative estimate of drug-likeness (QED) is 0.630.